The van der Waals surface area contributed by atoms with Crippen LogP contribution in [0.1, 0.15) is 26.2 Å². The molecule has 1 saturated carbocycles. The molecule has 0 amide bonds. The summed E-state index contributed by atoms with van der Waals surface area (Å²) in [5, 5.41) is 0. The Morgan fingerprint density at radius 1 is 1.50 bits per heavy atom. The van der Waals surface area contributed by atoms with E-state index in [1.165, 1.54) is 19.3 Å². The summed E-state index contributed by atoms with van der Waals surface area (Å²) in [6.07, 6.45) is 8.66. The molecule has 12 heavy (non-hydrogen) atoms. The number of hydrogen-bond acceptors (Lipinski definition) is 2. The lowest BCUT2D eigenvalue weighted by atomic mass is 9.90. The second kappa shape index (κ2) is 3.48. The van der Waals surface area contributed by atoms with Gasteiger partial charge in [0.1, 0.15) is 0 Å². The molecule has 2 heteroatoms. The maximum absolute atomic E-state index is 5.52. The first-order chi connectivity index (χ1) is 5.92. The Balaban J connectivity index is 1.72. The van der Waals surface area contributed by atoms with Crippen LogP contribution in [0.5, 0.6) is 0 Å². The fraction of sp³-hybridized carbons (Fsp3) is 0.800. The smallest absolute Gasteiger partial charge is 0.0927 e. The van der Waals surface area contributed by atoms with Gasteiger partial charge in [-0.1, -0.05) is 12.5 Å². The molecule has 3 unspecified atom stereocenters. The predicted molar refractivity (Wildman–Crippen MR) is 46.8 cm³/mol. The summed E-state index contributed by atoms with van der Waals surface area (Å²) in [7, 11) is 0. The largest absolute Gasteiger partial charge is 0.501 e. The molecule has 0 aromatic rings. The standard InChI is InChI=1S/C10H16O2/c1-2-6-11-7-8-4-3-5-9-10(8)12-9/h2,6,8-10H,3-5,7H2,1H3. The van der Waals surface area contributed by atoms with Gasteiger partial charge < -0.3 is 9.47 Å². The van der Waals surface area contributed by atoms with Crippen molar-refractivity contribution in [1.29, 1.82) is 0 Å². The highest BCUT2D eigenvalue weighted by molar-refractivity contribution is 4.94. The zero-order valence-corrected chi connectivity index (χ0v) is 7.53. The van der Waals surface area contributed by atoms with Crippen molar-refractivity contribution >= 4 is 0 Å². The van der Waals surface area contributed by atoms with Crippen LogP contribution < -0.4 is 0 Å². The quantitative estimate of drug-likeness (QED) is 0.475. The van der Waals surface area contributed by atoms with Crippen LogP contribution >= 0.6 is 0 Å². The summed E-state index contributed by atoms with van der Waals surface area (Å²) in [6, 6.07) is 0. The fourth-order valence-corrected chi connectivity index (χ4v) is 2.00. The molecule has 0 radical (unpaired) electrons. The maximum atomic E-state index is 5.52. The molecule has 2 aliphatic rings. The second-order valence-electron chi connectivity index (χ2n) is 3.63. The third kappa shape index (κ3) is 1.63. The molecular formula is C10H16O2. The first-order valence-electron chi connectivity index (χ1n) is 4.80. The number of ether oxygens (including phenoxy) is 2. The zero-order valence-electron chi connectivity index (χ0n) is 7.53. The van der Waals surface area contributed by atoms with Gasteiger partial charge in [0.05, 0.1) is 25.1 Å². The van der Waals surface area contributed by atoms with E-state index in [2.05, 4.69) is 0 Å². The van der Waals surface area contributed by atoms with E-state index >= 15 is 0 Å². The highest BCUT2D eigenvalue weighted by Crippen LogP contribution is 2.40. The minimum Gasteiger partial charge on any atom is -0.501 e. The van der Waals surface area contributed by atoms with Gasteiger partial charge in [0.2, 0.25) is 0 Å². The van der Waals surface area contributed by atoms with Crippen LogP contribution in [0.3, 0.4) is 0 Å². The molecule has 1 saturated heterocycles. The van der Waals surface area contributed by atoms with Crippen molar-refractivity contribution in [2.75, 3.05) is 6.61 Å². The molecule has 0 spiro atoms. The zero-order chi connectivity index (χ0) is 8.39. The summed E-state index contributed by atoms with van der Waals surface area (Å²) in [5.41, 5.74) is 0. The molecule has 0 N–H and O–H groups in total. The lowest BCUT2D eigenvalue weighted by Gasteiger charge is -2.16. The van der Waals surface area contributed by atoms with Gasteiger partial charge in [0.25, 0.3) is 0 Å². The molecular weight excluding hydrogens is 152 g/mol. The summed E-state index contributed by atoms with van der Waals surface area (Å²) in [5.74, 6) is 0.653. The topological polar surface area (TPSA) is 21.8 Å². The Kier molecular flexibility index (Phi) is 2.35. The van der Waals surface area contributed by atoms with Crippen molar-refractivity contribution in [2.45, 2.75) is 38.4 Å². The number of hydrogen-bond donors (Lipinski definition) is 0. The van der Waals surface area contributed by atoms with Crippen molar-refractivity contribution in [3.63, 3.8) is 0 Å². The molecule has 0 aromatic heterocycles. The van der Waals surface area contributed by atoms with E-state index in [0.29, 0.717) is 18.1 Å². The number of allylic oxidation sites excluding steroid dienone is 1. The Labute approximate surface area is 73.5 Å². The normalized spacial score (nSPS) is 39.6. The van der Waals surface area contributed by atoms with E-state index in [0.717, 1.165) is 6.61 Å². The van der Waals surface area contributed by atoms with Crippen LogP contribution in [0.2, 0.25) is 0 Å². The van der Waals surface area contributed by atoms with Crippen molar-refractivity contribution in [3.8, 4) is 0 Å². The molecule has 1 heterocycles. The average Bonchev–Trinajstić information content (AvgIpc) is 2.84. The number of epoxide rings is 1. The van der Waals surface area contributed by atoms with Gasteiger partial charge in [0.15, 0.2) is 0 Å². The monoisotopic (exact) mass is 168 g/mol. The second-order valence-corrected chi connectivity index (χ2v) is 3.63. The molecule has 0 bridgehead atoms. The van der Waals surface area contributed by atoms with Crippen molar-refractivity contribution in [2.24, 2.45) is 5.92 Å². The fourth-order valence-electron chi connectivity index (χ4n) is 2.00. The van der Waals surface area contributed by atoms with Gasteiger partial charge in [-0.25, -0.2) is 0 Å². The van der Waals surface area contributed by atoms with Crippen molar-refractivity contribution in [3.05, 3.63) is 12.3 Å². The molecule has 68 valence electrons. The van der Waals surface area contributed by atoms with Gasteiger partial charge in [-0.15, -0.1) is 0 Å². The minimum atomic E-state index is 0.531. The minimum absolute atomic E-state index is 0.531. The summed E-state index contributed by atoms with van der Waals surface area (Å²) in [6.45, 7) is 2.81. The molecule has 2 rings (SSSR count). The van der Waals surface area contributed by atoms with Crippen LogP contribution in [0, 0.1) is 5.92 Å². The number of fused-ring (bicyclic) bond motifs is 1. The van der Waals surface area contributed by atoms with Crippen LogP contribution in [0.4, 0.5) is 0 Å². The Bertz CT molecular complexity index is 177. The van der Waals surface area contributed by atoms with Gasteiger partial charge in [-0.05, 0) is 19.8 Å². The average molecular weight is 168 g/mol. The predicted octanol–water partition coefficient (Wildman–Crippen LogP) is 2.10. The van der Waals surface area contributed by atoms with E-state index in [-0.39, 0.29) is 0 Å². The van der Waals surface area contributed by atoms with E-state index in [1.807, 2.05) is 13.0 Å². The highest BCUT2D eigenvalue weighted by atomic mass is 16.6. The summed E-state index contributed by atoms with van der Waals surface area (Å²) in [4.78, 5) is 0. The highest BCUT2D eigenvalue weighted by Gasteiger charge is 2.47. The van der Waals surface area contributed by atoms with E-state index in [4.69, 9.17) is 9.47 Å². The first kappa shape index (κ1) is 8.11. The van der Waals surface area contributed by atoms with Gasteiger partial charge in [0, 0.05) is 5.92 Å². The molecule has 3 atom stereocenters. The van der Waals surface area contributed by atoms with E-state index in [9.17, 15) is 0 Å². The lowest BCUT2D eigenvalue weighted by molar-refractivity contribution is 0.161. The van der Waals surface area contributed by atoms with Crippen molar-refractivity contribution in [1.82, 2.24) is 0 Å². The SMILES string of the molecule is CC=COCC1CCCC2OC12. The Morgan fingerprint density at radius 3 is 3.25 bits per heavy atom. The summed E-state index contributed by atoms with van der Waals surface area (Å²) < 4.78 is 10.9. The van der Waals surface area contributed by atoms with Crippen LogP contribution in [-0.2, 0) is 9.47 Å². The Morgan fingerprint density at radius 2 is 2.42 bits per heavy atom. The molecule has 1 aliphatic carbocycles. The van der Waals surface area contributed by atoms with Gasteiger partial charge in [-0.2, -0.15) is 0 Å². The van der Waals surface area contributed by atoms with Crippen LogP contribution in [0.25, 0.3) is 0 Å². The Hall–Kier alpha value is -0.500. The molecule has 2 nitrogen and oxygen atoms in total. The van der Waals surface area contributed by atoms with Gasteiger partial charge in [-0.3, -0.25) is 0 Å². The molecule has 2 fully saturated rings. The van der Waals surface area contributed by atoms with Crippen LogP contribution in [-0.4, -0.2) is 18.8 Å². The molecule has 0 aromatic carbocycles. The van der Waals surface area contributed by atoms with Gasteiger partial charge >= 0.3 is 0 Å². The maximum Gasteiger partial charge on any atom is 0.0927 e. The van der Waals surface area contributed by atoms with Crippen LogP contribution in [0.15, 0.2) is 12.3 Å². The lowest BCUT2D eigenvalue weighted by Crippen LogP contribution is -2.20. The number of rotatable bonds is 3. The van der Waals surface area contributed by atoms with E-state index < -0.39 is 0 Å². The third-order valence-electron chi connectivity index (χ3n) is 2.69. The summed E-state index contributed by atoms with van der Waals surface area (Å²) >= 11 is 0. The first-order valence-corrected chi connectivity index (χ1v) is 4.80. The van der Waals surface area contributed by atoms with Crippen molar-refractivity contribution < 1.29 is 9.47 Å². The third-order valence-corrected chi connectivity index (χ3v) is 2.69. The molecule has 1 aliphatic heterocycles. The van der Waals surface area contributed by atoms with E-state index in [1.54, 1.807) is 6.26 Å².